The number of hydrogen-bond donors (Lipinski definition) is 1. The molecule has 26 heavy (non-hydrogen) atoms. The van der Waals surface area contributed by atoms with Gasteiger partial charge in [-0.2, -0.15) is 9.90 Å². The third kappa shape index (κ3) is 2.94. The Morgan fingerprint density at radius 3 is 2.77 bits per heavy atom. The molecule has 132 valence electrons. The highest BCUT2D eigenvalue weighted by atomic mass is 16.5. The van der Waals surface area contributed by atoms with E-state index >= 15 is 0 Å². The highest BCUT2D eigenvalue weighted by molar-refractivity contribution is 6.03. The number of fused-ring (bicyclic) bond motifs is 1. The maximum Gasteiger partial charge on any atom is 0.278 e. The molecule has 1 N–H and O–H groups in total. The number of benzene rings is 2. The van der Waals surface area contributed by atoms with Crippen LogP contribution in [0.5, 0.6) is 5.75 Å². The van der Waals surface area contributed by atoms with Gasteiger partial charge in [0.25, 0.3) is 5.91 Å². The second-order valence-corrected chi connectivity index (χ2v) is 6.59. The first-order valence-electron chi connectivity index (χ1n) is 8.60. The van der Waals surface area contributed by atoms with E-state index in [0.717, 1.165) is 34.7 Å². The van der Waals surface area contributed by atoms with Crippen LogP contribution in [-0.2, 0) is 6.42 Å². The first-order valence-corrected chi connectivity index (χ1v) is 8.60. The van der Waals surface area contributed by atoms with Gasteiger partial charge in [0.05, 0.1) is 18.0 Å². The maximum absolute atomic E-state index is 12.7. The second kappa shape index (κ2) is 6.29. The first-order chi connectivity index (χ1) is 12.5. The molecular formula is C20H20N4O2. The molecule has 0 aliphatic carbocycles. The van der Waals surface area contributed by atoms with Crippen LogP contribution >= 0.6 is 0 Å². The van der Waals surface area contributed by atoms with Gasteiger partial charge in [-0.25, -0.2) is 0 Å². The summed E-state index contributed by atoms with van der Waals surface area (Å²) in [5.74, 6) is 0.623. The molecule has 1 aliphatic rings. The molecule has 1 amide bonds. The van der Waals surface area contributed by atoms with Gasteiger partial charge in [0.2, 0.25) is 0 Å². The Balaban J connectivity index is 1.60. The standard InChI is InChI=1S/C20H20N4O2/c1-12-4-6-17(13(2)10-12)24-22-14(3)19(23-24)20(25)21-16-5-7-18-15(11-16)8-9-26-18/h4-7,10-11H,8-9H2,1-3H3,(H,21,25). The average Bonchev–Trinajstić information content (AvgIpc) is 3.20. The van der Waals surface area contributed by atoms with Crippen LogP contribution in [0.4, 0.5) is 5.69 Å². The number of nitrogens with one attached hydrogen (secondary N) is 1. The van der Waals surface area contributed by atoms with Crippen molar-refractivity contribution in [2.45, 2.75) is 27.2 Å². The molecule has 4 rings (SSSR count). The summed E-state index contributed by atoms with van der Waals surface area (Å²) in [6.45, 7) is 6.53. The molecule has 1 aliphatic heterocycles. The van der Waals surface area contributed by atoms with E-state index in [9.17, 15) is 4.79 Å². The van der Waals surface area contributed by atoms with Gasteiger partial charge in [0.1, 0.15) is 5.75 Å². The lowest BCUT2D eigenvalue weighted by atomic mass is 10.1. The lowest BCUT2D eigenvalue weighted by Gasteiger charge is -2.06. The van der Waals surface area contributed by atoms with E-state index in [-0.39, 0.29) is 5.91 Å². The minimum absolute atomic E-state index is 0.266. The predicted molar refractivity (Wildman–Crippen MR) is 99.2 cm³/mol. The number of hydrogen-bond acceptors (Lipinski definition) is 4. The van der Waals surface area contributed by atoms with Crippen LogP contribution in [-0.4, -0.2) is 27.5 Å². The molecule has 0 unspecified atom stereocenters. The summed E-state index contributed by atoms with van der Waals surface area (Å²) in [6, 6.07) is 11.7. The predicted octanol–water partition coefficient (Wildman–Crippen LogP) is 3.38. The highest BCUT2D eigenvalue weighted by Crippen LogP contribution is 2.28. The number of anilines is 1. The number of aromatic nitrogens is 3. The van der Waals surface area contributed by atoms with Gasteiger partial charge in [-0.15, -0.1) is 5.10 Å². The molecule has 0 fully saturated rings. The van der Waals surface area contributed by atoms with Crippen molar-refractivity contribution in [1.29, 1.82) is 0 Å². The van der Waals surface area contributed by atoms with Crippen molar-refractivity contribution in [2.75, 3.05) is 11.9 Å². The largest absolute Gasteiger partial charge is 0.493 e. The van der Waals surface area contributed by atoms with Crippen LogP contribution in [0.25, 0.3) is 5.69 Å². The smallest absolute Gasteiger partial charge is 0.278 e. The summed E-state index contributed by atoms with van der Waals surface area (Å²) in [5, 5.41) is 11.7. The molecule has 0 atom stereocenters. The number of nitrogens with zero attached hydrogens (tertiary/aromatic N) is 3. The van der Waals surface area contributed by atoms with Crippen molar-refractivity contribution in [1.82, 2.24) is 15.0 Å². The molecule has 6 nitrogen and oxygen atoms in total. The van der Waals surface area contributed by atoms with Crippen molar-refractivity contribution in [2.24, 2.45) is 0 Å². The van der Waals surface area contributed by atoms with E-state index in [2.05, 4.69) is 21.6 Å². The molecule has 6 heteroatoms. The monoisotopic (exact) mass is 348 g/mol. The first kappa shape index (κ1) is 16.3. The number of carbonyl (C=O) groups excluding carboxylic acids is 1. The number of ether oxygens (including phenoxy) is 1. The molecule has 0 radical (unpaired) electrons. The summed E-state index contributed by atoms with van der Waals surface area (Å²) in [7, 11) is 0. The van der Waals surface area contributed by atoms with Gasteiger partial charge in [-0.3, -0.25) is 4.79 Å². The Morgan fingerprint density at radius 2 is 1.96 bits per heavy atom. The third-order valence-corrected chi connectivity index (χ3v) is 4.51. The van der Waals surface area contributed by atoms with Crippen molar-refractivity contribution < 1.29 is 9.53 Å². The Hall–Kier alpha value is -3.15. The van der Waals surface area contributed by atoms with Gasteiger partial charge >= 0.3 is 0 Å². The zero-order valence-electron chi connectivity index (χ0n) is 15.0. The highest BCUT2D eigenvalue weighted by Gasteiger charge is 2.19. The van der Waals surface area contributed by atoms with Crippen LogP contribution in [0.15, 0.2) is 36.4 Å². The number of carbonyl (C=O) groups is 1. The lowest BCUT2D eigenvalue weighted by molar-refractivity contribution is 0.102. The average molecular weight is 348 g/mol. The van der Waals surface area contributed by atoms with Gasteiger partial charge in [0.15, 0.2) is 5.69 Å². The van der Waals surface area contributed by atoms with Gasteiger partial charge < -0.3 is 10.1 Å². The zero-order valence-corrected chi connectivity index (χ0v) is 15.0. The van der Waals surface area contributed by atoms with E-state index in [0.29, 0.717) is 18.0 Å². The van der Waals surface area contributed by atoms with Crippen LogP contribution in [0, 0.1) is 20.8 Å². The molecule has 1 aromatic heterocycles. The normalized spacial score (nSPS) is 12.6. The SMILES string of the molecule is Cc1ccc(-n2nc(C)c(C(=O)Nc3ccc4c(c3)CCO4)n2)c(C)c1. The molecule has 3 aromatic rings. The molecular weight excluding hydrogens is 328 g/mol. The number of aryl methyl sites for hydroxylation is 3. The Morgan fingerprint density at radius 1 is 1.12 bits per heavy atom. The summed E-state index contributed by atoms with van der Waals surface area (Å²) >= 11 is 0. The Labute approximate surface area is 151 Å². The fourth-order valence-corrected chi connectivity index (χ4v) is 3.18. The van der Waals surface area contributed by atoms with E-state index in [1.807, 2.05) is 44.2 Å². The molecule has 0 saturated heterocycles. The third-order valence-electron chi connectivity index (χ3n) is 4.51. The topological polar surface area (TPSA) is 69.0 Å². The molecule has 0 saturated carbocycles. The van der Waals surface area contributed by atoms with Crippen LogP contribution < -0.4 is 10.1 Å². The lowest BCUT2D eigenvalue weighted by Crippen LogP contribution is -2.14. The summed E-state index contributed by atoms with van der Waals surface area (Å²) in [6.07, 6.45) is 0.862. The zero-order chi connectivity index (χ0) is 18.3. The van der Waals surface area contributed by atoms with Gasteiger partial charge in [0, 0.05) is 12.1 Å². The van der Waals surface area contributed by atoms with Crippen LogP contribution in [0.2, 0.25) is 0 Å². The van der Waals surface area contributed by atoms with E-state index in [1.54, 1.807) is 6.92 Å². The van der Waals surface area contributed by atoms with Gasteiger partial charge in [-0.1, -0.05) is 17.7 Å². The quantitative estimate of drug-likeness (QED) is 0.788. The molecule has 2 heterocycles. The van der Waals surface area contributed by atoms with Crippen molar-refractivity contribution in [3.63, 3.8) is 0 Å². The van der Waals surface area contributed by atoms with Crippen LogP contribution in [0.3, 0.4) is 0 Å². The minimum Gasteiger partial charge on any atom is -0.493 e. The van der Waals surface area contributed by atoms with Crippen molar-refractivity contribution >= 4 is 11.6 Å². The fraction of sp³-hybridized carbons (Fsp3) is 0.250. The fourth-order valence-electron chi connectivity index (χ4n) is 3.18. The maximum atomic E-state index is 12.7. The van der Waals surface area contributed by atoms with Crippen molar-refractivity contribution in [3.8, 4) is 11.4 Å². The number of amides is 1. The van der Waals surface area contributed by atoms with Crippen molar-refractivity contribution in [3.05, 3.63) is 64.5 Å². The van der Waals surface area contributed by atoms with Crippen LogP contribution in [0.1, 0.15) is 32.9 Å². The molecule has 2 aromatic carbocycles. The minimum atomic E-state index is -0.266. The van der Waals surface area contributed by atoms with E-state index in [4.69, 9.17) is 4.74 Å². The molecule has 0 spiro atoms. The summed E-state index contributed by atoms with van der Waals surface area (Å²) in [5.41, 5.74) is 5.86. The second-order valence-electron chi connectivity index (χ2n) is 6.59. The van der Waals surface area contributed by atoms with E-state index in [1.165, 1.54) is 10.4 Å². The summed E-state index contributed by atoms with van der Waals surface area (Å²) in [4.78, 5) is 14.2. The Bertz CT molecular complexity index is 1010. The summed E-state index contributed by atoms with van der Waals surface area (Å²) < 4.78 is 5.50. The Kier molecular flexibility index (Phi) is 3.95. The number of rotatable bonds is 3. The van der Waals surface area contributed by atoms with Gasteiger partial charge in [-0.05, 0) is 56.2 Å². The van der Waals surface area contributed by atoms with E-state index < -0.39 is 0 Å². The molecule has 0 bridgehead atoms.